The lowest BCUT2D eigenvalue weighted by Crippen LogP contribution is -2.41. The highest BCUT2D eigenvalue weighted by atomic mass is 32.2. The summed E-state index contributed by atoms with van der Waals surface area (Å²) in [7, 11) is -3.44. The molecule has 1 N–H and O–H groups in total. The van der Waals surface area contributed by atoms with E-state index in [2.05, 4.69) is 0 Å². The number of thiophene rings is 1. The summed E-state index contributed by atoms with van der Waals surface area (Å²) in [6.45, 7) is 4.20. The molecule has 8 heteroatoms. The molecule has 0 radical (unpaired) electrons. The topological polar surface area (TPSA) is 83.9 Å². The predicted octanol–water partition coefficient (Wildman–Crippen LogP) is 1.62. The number of piperidine rings is 1. The first-order valence-corrected chi connectivity index (χ1v) is 8.97. The first kappa shape index (κ1) is 16.4. The van der Waals surface area contributed by atoms with E-state index >= 15 is 0 Å². The Morgan fingerprint density at radius 3 is 2.52 bits per heavy atom. The van der Waals surface area contributed by atoms with Gasteiger partial charge >= 0.3 is 5.97 Å². The van der Waals surface area contributed by atoms with Gasteiger partial charge in [0.1, 0.15) is 10.8 Å². The van der Waals surface area contributed by atoms with Gasteiger partial charge in [0.25, 0.3) is 10.0 Å². The van der Waals surface area contributed by atoms with Gasteiger partial charge in [-0.1, -0.05) is 0 Å². The zero-order valence-electron chi connectivity index (χ0n) is 12.0. The van der Waals surface area contributed by atoms with Crippen molar-refractivity contribution < 1.29 is 23.1 Å². The first-order valence-electron chi connectivity index (χ1n) is 6.71. The van der Waals surface area contributed by atoms with Crippen molar-refractivity contribution in [1.82, 2.24) is 4.31 Å². The number of sulfonamides is 1. The molecule has 1 saturated heterocycles. The van der Waals surface area contributed by atoms with Crippen molar-refractivity contribution in [3.05, 3.63) is 16.5 Å². The molecular weight excluding hydrogens is 314 g/mol. The van der Waals surface area contributed by atoms with E-state index in [1.165, 1.54) is 15.6 Å². The van der Waals surface area contributed by atoms with Gasteiger partial charge in [-0.05, 0) is 38.3 Å². The molecule has 0 atom stereocenters. The molecule has 1 fully saturated rings. The molecule has 1 aromatic rings. The number of rotatable bonds is 5. The summed E-state index contributed by atoms with van der Waals surface area (Å²) < 4.78 is 32.1. The van der Waals surface area contributed by atoms with Crippen molar-refractivity contribution in [3.8, 4) is 0 Å². The highest BCUT2D eigenvalue weighted by Gasteiger charge is 2.31. The van der Waals surface area contributed by atoms with E-state index in [1.807, 2.05) is 13.8 Å². The Balaban J connectivity index is 1.99. The molecule has 1 aliphatic heterocycles. The molecule has 0 unspecified atom stereocenters. The van der Waals surface area contributed by atoms with Gasteiger partial charge in [-0.15, -0.1) is 11.3 Å². The van der Waals surface area contributed by atoms with Crippen molar-refractivity contribution in [2.24, 2.45) is 0 Å². The minimum atomic E-state index is -3.44. The molecule has 2 heterocycles. The highest BCUT2D eigenvalue weighted by Crippen LogP contribution is 2.29. The van der Waals surface area contributed by atoms with Gasteiger partial charge in [0.15, 0.2) is 0 Å². The third-order valence-corrected chi connectivity index (χ3v) is 7.08. The van der Waals surface area contributed by atoms with Crippen LogP contribution < -0.4 is 0 Å². The number of carboxylic acid groups (broad SMARTS) is 1. The predicted molar refractivity (Wildman–Crippen MR) is 79.2 cm³/mol. The van der Waals surface area contributed by atoms with Crippen LogP contribution in [0.2, 0.25) is 0 Å². The van der Waals surface area contributed by atoms with Crippen LogP contribution in [0.4, 0.5) is 0 Å². The Morgan fingerprint density at radius 2 is 2.05 bits per heavy atom. The van der Waals surface area contributed by atoms with E-state index < -0.39 is 16.0 Å². The molecular formula is C13H19NO5S2. The second-order valence-electron chi connectivity index (χ2n) is 5.11. The monoisotopic (exact) mass is 333 g/mol. The standard InChI is InChI=1S/C13H19NO5S2/c1-9-7-13(20-10(9)2)21(17,18)14-5-3-11(4-6-14)19-8-12(15)16/h7,11H,3-6,8H2,1-2H3,(H,15,16). The minimum absolute atomic E-state index is 0.181. The summed E-state index contributed by atoms with van der Waals surface area (Å²) in [6, 6.07) is 1.71. The van der Waals surface area contributed by atoms with E-state index in [9.17, 15) is 13.2 Å². The van der Waals surface area contributed by atoms with E-state index in [-0.39, 0.29) is 12.7 Å². The Hall–Kier alpha value is -0.960. The lowest BCUT2D eigenvalue weighted by atomic mass is 10.1. The van der Waals surface area contributed by atoms with Crippen LogP contribution in [0.1, 0.15) is 23.3 Å². The number of ether oxygens (including phenoxy) is 1. The van der Waals surface area contributed by atoms with Gasteiger partial charge in [0.2, 0.25) is 0 Å². The van der Waals surface area contributed by atoms with E-state index in [1.54, 1.807) is 6.07 Å². The minimum Gasteiger partial charge on any atom is -0.480 e. The molecule has 0 amide bonds. The smallest absolute Gasteiger partial charge is 0.329 e. The summed E-state index contributed by atoms with van der Waals surface area (Å²) in [5, 5.41) is 8.57. The number of carboxylic acids is 1. The number of aliphatic carboxylic acids is 1. The van der Waals surface area contributed by atoms with Gasteiger partial charge in [-0.3, -0.25) is 0 Å². The lowest BCUT2D eigenvalue weighted by Gasteiger charge is -2.30. The third kappa shape index (κ3) is 3.82. The second-order valence-corrected chi connectivity index (χ2v) is 8.53. The largest absolute Gasteiger partial charge is 0.480 e. The Morgan fingerprint density at radius 1 is 1.43 bits per heavy atom. The number of carbonyl (C=O) groups is 1. The number of nitrogens with zero attached hydrogens (tertiary/aromatic N) is 1. The van der Waals surface area contributed by atoms with Crippen LogP contribution in [-0.2, 0) is 19.6 Å². The molecule has 118 valence electrons. The Bertz CT molecular complexity index is 595. The van der Waals surface area contributed by atoms with Crippen LogP contribution >= 0.6 is 11.3 Å². The average molecular weight is 333 g/mol. The fourth-order valence-corrected chi connectivity index (χ4v) is 5.36. The van der Waals surface area contributed by atoms with Gasteiger partial charge in [-0.25, -0.2) is 13.2 Å². The molecule has 0 aromatic carbocycles. The number of aryl methyl sites for hydroxylation is 2. The van der Waals surface area contributed by atoms with Gasteiger partial charge in [0, 0.05) is 18.0 Å². The average Bonchev–Trinajstić information content (AvgIpc) is 2.77. The fraction of sp³-hybridized carbons (Fsp3) is 0.615. The maximum absolute atomic E-state index is 12.5. The van der Waals surface area contributed by atoms with Crippen LogP contribution in [0, 0.1) is 13.8 Å². The summed E-state index contributed by atoms with van der Waals surface area (Å²) in [5.74, 6) is -1.01. The molecule has 0 saturated carbocycles. The van der Waals surface area contributed by atoms with Crippen molar-refractivity contribution in [3.63, 3.8) is 0 Å². The van der Waals surface area contributed by atoms with E-state index in [0.717, 1.165) is 10.4 Å². The summed E-state index contributed by atoms with van der Waals surface area (Å²) >= 11 is 1.29. The van der Waals surface area contributed by atoms with Crippen molar-refractivity contribution in [2.75, 3.05) is 19.7 Å². The molecule has 21 heavy (non-hydrogen) atoms. The van der Waals surface area contributed by atoms with Crippen molar-refractivity contribution in [1.29, 1.82) is 0 Å². The quantitative estimate of drug-likeness (QED) is 0.885. The van der Waals surface area contributed by atoms with E-state index in [4.69, 9.17) is 9.84 Å². The van der Waals surface area contributed by atoms with Crippen LogP contribution in [0.5, 0.6) is 0 Å². The van der Waals surface area contributed by atoms with Gasteiger partial charge < -0.3 is 9.84 Å². The lowest BCUT2D eigenvalue weighted by molar-refractivity contribution is -0.145. The molecule has 1 aliphatic rings. The van der Waals surface area contributed by atoms with Crippen LogP contribution in [0.15, 0.2) is 10.3 Å². The summed E-state index contributed by atoms with van der Waals surface area (Å²) in [5.41, 5.74) is 0.984. The molecule has 6 nitrogen and oxygen atoms in total. The molecule has 0 aliphatic carbocycles. The van der Waals surface area contributed by atoms with Crippen molar-refractivity contribution >= 4 is 27.3 Å². The molecule has 2 rings (SSSR count). The first-order chi connectivity index (χ1) is 9.80. The summed E-state index contributed by atoms with van der Waals surface area (Å²) in [6.07, 6.45) is 0.866. The number of hydrogen-bond donors (Lipinski definition) is 1. The maximum atomic E-state index is 12.5. The van der Waals surface area contributed by atoms with Crippen LogP contribution in [0.3, 0.4) is 0 Å². The van der Waals surface area contributed by atoms with E-state index in [0.29, 0.717) is 30.1 Å². The zero-order valence-corrected chi connectivity index (χ0v) is 13.7. The Labute approximate surface area is 128 Å². The zero-order chi connectivity index (χ0) is 15.6. The maximum Gasteiger partial charge on any atom is 0.329 e. The van der Waals surface area contributed by atoms with Crippen LogP contribution in [-0.4, -0.2) is 49.6 Å². The third-order valence-electron chi connectivity index (χ3n) is 3.58. The normalized spacial score (nSPS) is 18.0. The number of hydrogen-bond acceptors (Lipinski definition) is 5. The molecule has 0 bridgehead atoms. The second kappa shape index (κ2) is 6.43. The fourth-order valence-electron chi connectivity index (χ4n) is 2.22. The Kier molecular flexibility index (Phi) is 5.03. The highest BCUT2D eigenvalue weighted by molar-refractivity contribution is 7.91. The van der Waals surface area contributed by atoms with Gasteiger partial charge in [-0.2, -0.15) is 4.31 Å². The SMILES string of the molecule is Cc1cc(S(=O)(=O)N2CCC(OCC(=O)O)CC2)sc1C. The van der Waals surface area contributed by atoms with Crippen LogP contribution in [0.25, 0.3) is 0 Å². The molecule has 0 spiro atoms. The van der Waals surface area contributed by atoms with Gasteiger partial charge in [0.05, 0.1) is 6.10 Å². The van der Waals surface area contributed by atoms with Crippen molar-refractivity contribution in [2.45, 2.75) is 37.0 Å². The summed E-state index contributed by atoms with van der Waals surface area (Å²) in [4.78, 5) is 11.5. The molecule has 1 aromatic heterocycles.